The van der Waals surface area contributed by atoms with Crippen LogP contribution in [0.25, 0.3) is 0 Å². The van der Waals surface area contributed by atoms with E-state index in [9.17, 15) is 9.90 Å². The molecule has 1 aliphatic rings. The Kier molecular flexibility index (Phi) is 4.33. The fourth-order valence-electron chi connectivity index (χ4n) is 2.44. The summed E-state index contributed by atoms with van der Waals surface area (Å²) >= 11 is 0. The summed E-state index contributed by atoms with van der Waals surface area (Å²) < 4.78 is 5.73. The van der Waals surface area contributed by atoms with E-state index in [1.165, 1.54) is 0 Å². The third-order valence-corrected chi connectivity index (χ3v) is 3.36. The summed E-state index contributed by atoms with van der Waals surface area (Å²) in [6, 6.07) is 7.32. The Hall–Kier alpha value is -1.55. The highest BCUT2D eigenvalue weighted by molar-refractivity contribution is 5.93. The minimum Gasteiger partial charge on any atom is -0.488 e. The standard InChI is InChI=1S/C16H23NO3/c1-16(2,3)20-12-9-7-11(8-10-12)17-15(19)13-5-4-6-14(13)18/h7-10,13-14,18H,4-6H2,1-3H3,(H,17,19). The zero-order valence-electron chi connectivity index (χ0n) is 12.3. The number of amides is 1. The Bertz CT molecular complexity index is 462. The maximum absolute atomic E-state index is 12.0. The molecule has 0 aliphatic heterocycles. The molecule has 1 saturated carbocycles. The monoisotopic (exact) mass is 277 g/mol. The van der Waals surface area contributed by atoms with Gasteiger partial charge in [-0.15, -0.1) is 0 Å². The maximum Gasteiger partial charge on any atom is 0.230 e. The second-order valence-corrected chi connectivity index (χ2v) is 6.33. The first kappa shape index (κ1) is 14.9. The summed E-state index contributed by atoms with van der Waals surface area (Å²) in [5.41, 5.74) is 0.494. The molecule has 4 nitrogen and oxygen atoms in total. The van der Waals surface area contributed by atoms with Gasteiger partial charge < -0.3 is 15.2 Å². The molecule has 2 unspecified atom stereocenters. The molecule has 1 aromatic rings. The van der Waals surface area contributed by atoms with Gasteiger partial charge in [-0.2, -0.15) is 0 Å². The summed E-state index contributed by atoms with van der Waals surface area (Å²) in [5, 5.41) is 12.6. The second-order valence-electron chi connectivity index (χ2n) is 6.33. The van der Waals surface area contributed by atoms with Crippen molar-refractivity contribution in [1.82, 2.24) is 0 Å². The molecule has 0 heterocycles. The number of hydrogen-bond donors (Lipinski definition) is 2. The smallest absolute Gasteiger partial charge is 0.230 e. The topological polar surface area (TPSA) is 58.6 Å². The molecule has 1 fully saturated rings. The minimum absolute atomic E-state index is 0.0977. The first-order chi connectivity index (χ1) is 9.35. The molecule has 2 N–H and O–H groups in total. The average molecular weight is 277 g/mol. The van der Waals surface area contributed by atoms with E-state index in [2.05, 4.69) is 5.32 Å². The lowest BCUT2D eigenvalue weighted by Gasteiger charge is -2.21. The molecule has 0 saturated heterocycles. The van der Waals surface area contributed by atoms with Crippen molar-refractivity contribution in [3.05, 3.63) is 24.3 Å². The van der Waals surface area contributed by atoms with Crippen LogP contribution in [0.5, 0.6) is 5.75 Å². The summed E-state index contributed by atoms with van der Waals surface area (Å²) in [4.78, 5) is 12.0. The Morgan fingerprint density at radius 1 is 1.25 bits per heavy atom. The number of hydrogen-bond acceptors (Lipinski definition) is 3. The predicted molar refractivity (Wildman–Crippen MR) is 78.8 cm³/mol. The predicted octanol–water partition coefficient (Wildman–Crippen LogP) is 2.96. The van der Waals surface area contributed by atoms with Crippen LogP contribution in [0.3, 0.4) is 0 Å². The van der Waals surface area contributed by atoms with E-state index in [0.29, 0.717) is 0 Å². The van der Waals surface area contributed by atoms with E-state index >= 15 is 0 Å². The Morgan fingerprint density at radius 2 is 1.90 bits per heavy atom. The molecule has 0 spiro atoms. The van der Waals surface area contributed by atoms with Gasteiger partial charge in [-0.25, -0.2) is 0 Å². The van der Waals surface area contributed by atoms with Gasteiger partial charge in [0.2, 0.25) is 5.91 Å². The number of carbonyl (C=O) groups is 1. The van der Waals surface area contributed by atoms with Crippen LogP contribution in [-0.4, -0.2) is 22.7 Å². The summed E-state index contributed by atoms with van der Waals surface area (Å²) in [6.07, 6.45) is 1.89. The van der Waals surface area contributed by atoms with Gasteiger partial charge >= 0.3 is 0 Å². The highest BCUT2D eigenvalue weighted by Crippen LogP contribution is 2.27. The molecule has 0 radical (unpaired) electrons. The molecular formula is C16H23NO3. The van der Waals surface area contributed by atoms with E-state index in [-0.39, 0.29) is 17.4 Å². The summed E-state index contributed by atoms with van der Waals surface area (Å²) in [7, 11) is 0. The van der Waals surface area contributed by atoms with E-state index in [4.69, 9.17) is 4.74 Å². The lowest BCUT2D eigenvalue weighted by Crippen LogP contribution is -2.28. The van der Waals surface area contributed by atoms with Crippen molar-refractivity contribution in [2.45, 2.75) is 51.7 Å². The van der Waals surface area contributed by atoms with Crippen LogP contribution >= 0.6 is 0 Å². The molecule has 2 rings (SSSR count). The van der Waals surface area contributed by atoms with Gasteiger partial charge in [0.05, 0.1) is 12.0 Å². The van der Waals surface area contributed by atoms with Crippen LogP contribution in [-0.2, 0) is 4.79 Å². The molecule has 0 aromatic heterocycles. The largest absolute Gasteiger partial charge is 0.488 e. The Morgan fingerprint density at radius 3 is 2.40 bits per heavy atom. The molecule has 1 aliphatic carbocycles. The minimum atomic E-state index is -0.501. The number of anilines is 1. The first-order valence-electron chi connectivity index (χ1n) is 7.13. The van der Waals surface area contributed by atoms with Gasteiger partial charge in [0, 0.05) is 5.69 Å². The van der Waals surface area contributed by atoms with Crippen LogP contribution in [0.15, 0.2) is 24.3 Å². The average Bonchev–Trinajstić information content (AvgIpc) is 2.76. The third-order valence-electron chi connectivity index (χ3n) is 3.36. The number of rotatable bonds is 3. The van der Waals surface area contributed by atoms with E-state index in [0.717, 1.165) is 30.7 Å². The van der Waals surface area contributed by atoms with Crippen molar-refractivity contribution in [1.29, 1.82) is 0 Å². The van der Waals surface area contributed by atoms with Crippen molar-refractivity contribution in [3.8, 4) is 5.75 Å². The van der Waals surface area contributed by atoms with Crippen LogP contribution in [0.2, 0.25) is 0 Å². The fourth-order valence-corrected chi connectivity index (χ4v) is 2.44. The number of carbonyl (C=O) groups excluding carboxylic acids is 1. The molecule has 1 amide bonds. The van der Waals surface area contributed by atoms with Gasteiger partial charge in [-0.3, -0.25) is 4.79 Å². The van der Waals surface area contributed by atoms with Crippen LogP contribution in [0, 0.1) is 5.92 Å². The highest BCUT2D eigenvalue weighted by atomic mass is 16.5. The van der Waals surface area contributed by atoms with Crippen molar-refractivity contribution in [2.75, 3.05) is 5.32 Å². The Labute approximate surface area is 120 Å². The second kappa shape index (κ2) is 5.83. The van der Waals surface area contributed by atoms with E-state index in [1.807, 2.05) is 45.0 Å². The van der Waals surface area contributed by atoms with Crippen molar-refractivity contribution in [2.24, 2.45) is 5.92 Å². The number of ether oxygens (including phenoxy) is 1. The number of nitrogens with one attached hydrogen (secondary N) is 1. The molecule has 20 heavy (non-hydrogen) atoms. The van der Waals surface area contributed by atoms with Gasteiger partial charge in [0.15, 0.2) is 0 Å². The molecule has 0 bridgehead atoms. The number of aliphatic hydroxyl groups excluding tert-OH is 1. The summed E-state index contributed by atoms with van der Waals surface area (Å²) in [6.45, 7) is 5.97. The zero-order chi connectivity index (χ0) is 14.8. The number of aliphatic hydroxyl groups is 1. The molecule has 4 heteroatoms. The molecule has 2 atom stereocenters. The van der Waals surface area contributed by atoms with E-state index in [1.54, 1.807) is 0 Å². The van der Waals surface area contributed by atoms with Crippen molar-refractivity contribution >= 4 is 11.6 Å². The SMILES string of the molecule is CC(C)(C)Oc1ccc(NC(=O)C2CCCC2O)cc1. The van der Waals surface area contributed by atoms with Crippen molar-refractivity contribution in [3.63, 3.8) is 0 Å². The highest BCUT2D eigenvalue weighted by Gasteiger charge is 2.31. The lowest BCUT2D eigenvalue weighted by atomic mass is 10.1. The van der Waals surface area contributed by atoms with Crippen molar-refractivity contribution < 1.29 is 14.6 Å². The Balaban J connectivity index is 1.95. The van der Waals surface area contributed by atoms with Gasteiger partial charge in [0.1, 0.15) is 11.4 Å². The summed E-state index contributed by atoms with van der Waals surface area (Å²) in [5.74, 6) is 0.399. The van der Waals surface area contributed by atoms with Crippen LogP contribution in [0.1, 0.15) is 40.0 Å². The van der Waals surface area contributed by atoms with Crippen LogP contribution < -0.4 is 10.1 Å². The van der Waals surface area contributed by atoms with Gasteiger partial charge in [0.25, 0.3) is 0 Å². The number of benzene rings is 1. The van der Waals surface area contributed by atoms with E-state index < -0.39 is 6.10 Å². The third kappa shape index (κ3) is 3.97. The van der Waals surface area contributed by atoms with Gasteiger partial charge in [-0.1, -0.05) is 0 Å². The fraction of sp³-hybridized carbons (Fsp3) is 0.562. The first-order valence-corrected chi connectivity index (χ1v) is 7.13. The molecule has 1 aromatic carbocycles. The quantitative estimate of drug-likeness (QED) is 0.893. The maximum atomic E-state index is 12.0. The zero-order valence-corrected chi connectivity index (χ0v) is 12.3. The lowest BCUT2D eigenvalue weighted by molar-refractivity contribution is -0.122. The molecule has 110 valence electrons. The van der Waals surface area contributed by atoms with Crippen LogP contribution in [0.4, 0.5) is 5.69 Å². The molecular weight excluding hydrogens is 254 g/mol. The normalized spacial score (nSPS) is 22.6. The van der Waals surface area contributed by atoms with Gasteiger partial charge in [-0.05, 0) is 64.3 Å².